The second-order valence-corrected chi connectivity index (χ2v) is 5.54. The molecule has 1 saturated heterocycles. The molecule has 0 atom stereocenters. The van der Waals surface area contributed by atoms with Crippen molar-refractivity contribution in [1.82, 2.24) is 15.0 Å². The van der Waals surface area contributed by atoms with E-state index in [9.17, 15) is 0 Å². The van der Waals surface area contributed by atoms with Crippen LogP contribution in [0.4, 0.5) is 11.9 Å². The van der Waals surface area contributed by atoms with Crippen LogP contribution in [0.3, 0.4) is 0 Å². The van der Waals surface area contributed by atoms with Gasteiger partial charge >= 0.3 is 6.01 Å². The van der Waals surface area contributed by atoms with Gasteiger partial charge in [-0.1, -0.05) is 0 Å². The van der Waals surface area contributed by atoms with Gasteiger partial charge in [-0.25, -0.2) is 0 Å². The highest BCUT2D eigenvalue weighted by Gasteiger charge is 2.19. The van der Waals surface area contributed by atoms with Gasteiger partial charge in [-0.15, -0.1) is 0 Å². The van der Waals surface area contributed by atoms with Crippen molar-refractivity contribution in [3.05, 3.63) is 0 Å². The van der Waals surface area contributed by atoms with Crippen molar-refractivity contribution in [2.24, 2.45) is 0 Å². The lowest BCUT2D eigenvalue weighted by molar-refractivity contribution is 0.117. The van der Waals surface area contributed by atoms with Crippen LogP contribution in [0.5, 0.6) is 6.01 Å². The maximum atomic E-state index is 5.72. The number of piperidine rings is 1. The molecule has 0 unspecified atom stereocenters. The number of nitrogens with zero attached hydrogens (tertiary/aromatic N) is 4. The van der Waals surface area contributed by atoms with Gasteiger partial charge in [0, 0.05) is 13.1 Å². The molecule has 1 aromatic heterocycles. The van der Waals surface area contributed by atoms with Gasteiger partial charge in [0.2, 0.25) is 11.9 Å². The molecule has 6 nitrogen and oxygen atoms in total. The molecule has 2 heterocycles. The molecular weight excluding hydrogens is 230 g/mol. The van der Waals surface area contributed by atoms with E-state index < -0.39 is 0 Å². The van der Waals surface area contributed by atoms with E-state index in [-0.39, 0.29) is 11.5 Å². The Hall–Kier alpha value is -1.59. The number of hydrogen-bond acceptors (Lipinski definition) is 6. The molecular formula is C12H21N5O. The lowest BCUT2D eigenvalue weighted by Crippen LogP contribution is -2.32. The lowest BCUT2D eigenvalue weighted by atomic mass is 10.1. The Kier molecular flexibility index (Phi) is 3.54. The monoisotopic (exact) mass is 251 g/mol. The Morgan fingerprint density at radius 2 is 1.72 bits per heavy atom. The molecule has 0 aromatic carbocycles. The number of aromatic nitrogens is 3. The first-order valence-electron chi connectivity index (χ1n) is 6.39. The van der Waals surface area contributed by atoms with Crippen molar-refractivity contribution in [3.63, 3.8) is 0 Å². The van der Waals surface area contributed by atoms with Crippen LogP contribution in [0.2, 0.25) is 0 Å². The van der Waals surface area contributed by atoms with E-state index in [0.29, 0.717) is 12.0 Å². The van der Waals surface area contributed by atoms with Crippen molar-refractivity contribution in [2.45, 2.75) is 45.6 Å². The molecule has 0 radical (unpaired) electrons. The number of rotatable bonds is 2. The van der Waals surface area contributed by atoms with Gasteiger partial charge in [0.1, 0.15) is 5.60 Å². The Bertz CT molecular complexity index is 409. The quantitative estimate of drug-likeness (QED) is 0.860. The Labute approximate surface area is 108 Å². The minimum absolute atomic E-state index is 0.213. The summed E-state index contributed by atoms with van der Waals surface area (Å²) in [5.74, 6) is 0.839. The molecule has 0 spiro atoms. The first-order chi connectivity index (χ1) is 8.44. The van der Waals surface area contributed by atoms with Gasteiger partial charge in [0.25, 0.3) is 0 Å². The molecule has 18 heavy (non-hydrogen) atoms. The van der Waals surface area contributed by atoms with E-state index in [1.165, 1.54) is 19.3 Å². The summed E-state index contributed by atoms with van der Waals surface area (Å²) in [6, 6.07) is 0.301. The van der Waals surface area contributed by atoms with Gasteiger partial charge in [0.05, 0.1) is 0 Å². The number of anilines is 2. The molecule has 0 aliphatic carbocycles. The molecule has 0 bridgehead atoms. The number of hydrogen-bond donors (Lipinski definition) is 1. The molecule has 1 aromatic rings. The third-order valence-electron chi connectivity index (χ3n) is 2.66. The average Bonchev–Trinajstić information content (AvgIpc) is 2.27. The zero-order chi connectivity index (χ0) is 13.2. The minimum atomic E-state index is -0.340. The Balaban J connectivity index is 2.20. The first kappa shape index (κ1) is 12.9. The van der Waals surface area contributed by atoms with Crippen LogP contribution in [-0.2, 0) is 0 Å². The molecule has 1 aliphatic heterocycles. The summed E-state index contributed by atoms with van der Waals surface area (Å²) in [4.78, 5) is 14.7. The van der Waals surface area contributed by atoms with Crippen molar-refractivity contribution in [3.8, 4) is 6.01 Å². The summed E-state index contributed by atoms with van der Waals surface area (Å²) in [7, 11) is 0. The van der Waals surface area contributed by atoms with E-state index in [4.69, 9.17) is 10.5 Å². The smallest absolute Gasteiger partial charge is 0.323 e. The number of ether oxygens (including phenoxy) is 1. The molecule has 0 amide bonds. The van der Waals surface area contributed by atoms with Crippen LogP contribution in [0.15, 0.2) is 0 Å². The Morgan fingerprint density at radius 1 is 1.06 bits per heavy atom. The fourth-order valence-corrected chi connectivity index (χ4v) is 1.92. The molecule has 6 heteroatoms. The van der Waals surface area contributed by atoms with E-state index in [0.717, 1.165) is 13.1 Å². The Morgan fingerprint density at radius 3 is 2.33 bits per heavy atom. The molecule has 0 saturated carbocycles. The van der Waals surface area contributed by atoms with E-state index >= 15 is 0 Å². The third kappa shape index (κ3) is 3.45. The van der Waals surface area contributed by atoms with E-state index in [1.54, 1.807) is 0 Å². The van der Waals surface area contributed by atoms with Crippen molar-refractivity contribution >= 4 is 11.9 Å². The molecule has 2 rings (SSSR count). The average molecular weight is 251 g/mol. The molecule has 1 fully saturated rings. The highest BCUT2D eigenvalue weighted by atomic mass is 16.5. The van der Waals surface area contributed by atoms with Crippen LogP contribution in [0, 0.1) is 0 Å². The van der Waals surface area contributed by atoms with Crippen LogP contribution in [0.25, 0.3) is 0 Å². The third-order valence-corrected chi connectivity index (χ3v) is 2.66. The second kappa shape index (κ2) is 4.96. The fraction of sp³-hybridized carbons (Fsp3) is 0.750. The summed E-state index contributed by atoms with van der Waals surface area (Å²) in [5.41, 5.74) is 5.38. The van der Waals surface area contributed by atoms with E-state index in [2.05, 4.69) is 19.9 Å². The standard InChI is InChI=1S/C12H21N5O/c1-12(2,3)18-11-15-9(13)14-10(16-11)17-7-5-4-6-8-17/h4-8H2,1-3H3,(H2,13,14,15,16). The van der Waals surface area contributed by atoms with Crippen LogP contribution >= 0.6 is 0 Å². The first-order valence-corrected chi connectivity index (χ1v) is 6.39. The van der Waals surface area contributed by atoms with Gasteiger partial charge in [-0.3, -0.25) is 0 Å². The second-order valence-electron chi connectivity index (χ2n) is 5.54. The summed E-state index contributed by atoms with van der Waals surface area (Å²) < 4.78 is 5.65. The summed E-state index contributed by atoms with van der Waals surface area (Å²) in [6.07, 6.45) is 3.60. The predicted octanol–water partition coefficient (Wildman–Crippen LogP) is 1.62. The van der Waals surface area contributed by atoms with Gasteiger partial charge < -0.3 is 15.4 Å². The van der Waals surface area contributed by atoms with Crippen molar-refractivity contribution in [1.29, 1.82) is 0 Å². The normalized spacial score (nSPS) is 16.7. The lowest BCUT2D eigenvalue weighted by Gasteiger charge is -2.27. The molecule has 100 valence electrons. The van der Waals surface area contributed by atoms with Crippen LogP contribution in [-0.4, -0.2) is 33.6 Å². The van der Waals surface area contributed by atoms with Crippen molar-refractivity contribution < 1.29 is 4.74 Å². The summed E-state index contributed by atoms with van der Waals surface area (Å²) in [6.45, 7) is 7.80. The topological polar surface area (TPSA) is 77.2 Å². The zero-order valence-electron chi connectivity index (χ0n) is 11.3. The largest absolute Gasteiger partial charge is 0.458 e. The summed E-state index contributed by atoms with van der Waals surface area (Å²) in [5, 5.41) is 0. The predicted molar refractivity (Wildman–Crippen MR) is 70.7 cm³/mol. The zero-order valence-corrected chi connectivity index (χ0v) is 11.3. The fourth-order valence-electron chi connectivity index (χ4n) is 1.92. The maximum Gasteiger partial charge on any atom is 0.323 e. The number of nitrogens with two attached hydrogens (primary N) is 1. The minimum Gasteiger partial charge on any atom is -0.458 e. The van der Waals surface area contributed by atoms with Gasteiger partial charge in [-0.2, -0.15) is 15.0 Å². The van der Waals surface area contributed by atoms with Crippen LogP contribution < -0.4 is 15.4 Å². The van der Waals surface area contributed by atoms with Crippen LogP contribution in [0.1, 0.15) is 40.0 Å². The highest BCUT2D eigenvalue weighted by Crippen LogP contribution is 2.20. The van der Waals surface area contributed by atoms with Crippen molar-refractivity contribution in [2.75, 3.05) is 23.7 Å². The molecule has 1 aliphatic rings. The SMILES string of the molecule is CC(C)(C)Oc1nc(N)nc(N2CCCCC2)n1. The number of nitrogen functional groups attached to an aromatic ring is 1. The van der Waals surface area contributed by atoms with Gasteiger partial charge in [-0.05, 0) is 40.0 Å². The maximum absolute atomic E-state index is 5.72. The van der Waals surface area contributed by atoms with E-state index in [1.807, 2.05) is 20.8 Å². The molecule has 2 N–H and O–H groups in total. The highest BCUT2D eigenvalue weighted by molar-refractivity contribution is 5.36. The summed E-state index contributed by atoms with van der Waals surface area (Å²) >= 11 is 0. The van der Waals surface area contributed by atoms with Gasteiger partial charge in [0.15, 0.2) is 0 Å².